The van der Waals surface area contributed by atoms with Crippen molar-refractivity contribution in [2.24, 2.45) is 0 Å². The lowest BCUT2D eigenvalue weighted by Gasteiger charge is -2.03. The van der Waals surface area contributed by atoms with Crippen molar-refractivity contribution in [1.29, 1.82) is 0 Å². The molecule has 0 fully saturated rings. The van der Waals surface area contributed by atoms with Crippen molar-refractivity contribution >= 4 is 29.3 Å². The van der Waals surface area contributed by atoms with E-state index in [4.69, 9.17) is 21.1 Å². The number of anilines is 1. The van der Waals surface area contributed by atoms with E-state index in [9.17, 15) is 4.79 Å². The number of amides is 1. The van der Waals surface area contributed by atoms with Crippen LogP contribution in [-0.2, 0) is 4.79 Å². The van der Waals surface area contributed by atoms with E-state index in [-0.39, 0.29) is 12.7 Å². The molecule has 1 amide bonds. The summed E-state index contributed by atoms with van der Waals surface area (Å²) in [7, 11) is 0. The van der Waals surface area contributed by atoms with Gasteiger partial charge in [-0.2, -0.15) is 0 Å². The average Bonchev–Trinajstić information content (AvgIpc) is 2.94. The fourth-order valence-electron chi connectivity index (χ4n) is 1.90. The molecule has 0 bridgehead atoms. The largest absolute Gasteiger partial charge is 0.454 e. The number of ether oxygens (including phenoxy) is 2. The van der Waals surface area contributed by atoms with Gasteiger partial charge in [-0.1, -0.05) is 23.7 Å². The average molecular weight is 302 g/mol. The Morgan fingerprint density at radius 1 is 1.10 bits per heavy atom. The molecule has 0 radical (unpaired) electrons. The fourth-order valence-corrected chi connectivity index (χ4v) is 2.03. The zero-order valence-electron chi connectivity index (χ0n) is 11.0. The van der Waals surface area contributed by atoms with Crippen LogP contribution in [0.15, 0.2) is 48.5 Å². The molecule has 0 unspecified atom stereocenters. The van der Waals surface area contributed by atoms with E-state index in [1.54, 1.807) is 36.4 Å². The monoisotopic (exact) mass is 301 g/mol. The van der Waals surface area contributed by atoms with Crippen LogP contribution in [0.1, 0.15) is 5.56 Å². The first-order chi connectivity index (χ1) is 10.2. The number of carbonyl (C=O) groups is 1. The molecule has 4 nitrogen and oxygen atoms in total. The van der Waals surface area contributed by atoms with Gasteiger partial charge in [0.15, 0.2) is 11.5 Å². The van der Waals surface area contributed by atoms with E-state index in [0.29, 0.717) is 22.2 Å². The molecule has 0 aliphatic carbocycles. The van der Waals surface area contributed by atoms with Crippen molar-refractivity contribution in [1.82, 2.24) is 0 Å². The minimum absolute atomic E-state index is 0.212. The van der Waals surface area contributed by atoms with Gasteiger partial charge in [0, 0.05) is 22.9 Å². The summed E-state index contributed by atoms with van der Waals surface area (Å²) in [4.78, 5) is 11.9. The van der Waals surface area contributed by atoms with E-state index in [0.717, 1.165) is 5.56 Å². The highest BCUT2D eigenvalue weighted by atomic mass is 35.5. The molecule has 21 heavy (non-hydrogen) atoms. The van der Waals surface area contributed by atoms with E-state index >= 15 is 0 Å². The van der Waals surface area contributed by atoms with Crippen molar-refractivity contribution in [2.75, 3.05) is 12.1 Å². The normalized spacial score (nSPS) is 12.6. The van der Waals surface area contributed by atoms with Crippen molar-refractivity contribution < 1.29 is 14.3 Å². The van der Waals surface area contributed by atoms with Crippen LogP contribution in [0.4, 0.5) is 5.69 Å². The van der Waals surface area contributed by atoms with E-state index in [1.165, 1.54) is 6.08 Å². The van der Waals surface area contributed by atoms with E-state index in [1.807, 2.05) is 12.1 Å². The van der Waals surface area contributed by atoms with Gasteiger partial charge in [-0.15, -0.1) is 0 Å². The summed E-state index contributed by atoms with van der Waals surface area (Å²) < 4.78 is 10.5. The van der Waals surface area contributed by atoms with Crippen LogP contribution in [-0.4, -0.2) is 12.7 Å². The molecule has 2 aromatic carbocycles. The lowest BCUT2D eigenvalue weighted by Crippen LogP contribution is -2.07. The topological polar surface area (TPSA) is 47.6 Å². The molecule has 0 saturated heterocycles. The van der Waals surface area contributed by atoms with Crippen LogP contribution in [0.5, 0.6) is 11.5 Å². The van der Waals surface area contributed by atoms with Crippen LogP contribution < -0.4 is 14.8 Å². The Hall–Kier alpha value is -2.46. The zero-order valence-corrected chi connectivity index (χ0v) is 11.8. The van der Waals surface area contributed by atoms with Crippen molar-refractivity contribution in [3.05, 3.63) is 59.1 Å². The number of benzene rings is 2. The van der Waals surface area contributed by atoms with Gasteiger partial charge in [-0.3, -0.25) is 4.79 Å². The molecule has 1 heterocycles. The molecule has 5 heteroatoms. The number of hydrogen-bond donors (Lipinski definition) is 1. The van der Waals surface area contributed by atoms with Crippen LogP contribution in [0.2, 0.25) is 5.02 Å². The highest BCUT2D eigenvalue weighted by Crippen LogP contribution is 2.34. The Bertz CT molecular complexity index is 695. The predicted molar refractivity (Wildman–Crippen MR) is 81.7 cm³/mol. The zero-order chi connectivity index (χ0) is 14.7. The molecular weight excluding hydrogens is 290 g/mol. The Labute approximate surface area is 126 Å². The number of fused-ring (bicyclic) bond motifs is 1. The first-order valence-electron chi connectivity index (χ1n) is 6.35. The Morgan fingerprint density at radius 2 is 1.86 bits per heavy atom. The summed E-state index contributed by atoms with van der Waals surface area (Å²) in [6.45, 7) is 0.212. The molecule has 2 aromatic rings. The molecule has 1 aliphatic heterocycles. The molecule has 3 rings (SSSR count). The SMILES string of the molecule is O=C(C=Cc1ccc(Cl)cc1)Nc1ccc2c(c1)OCO2. The third-order valence-electron chi connectivity index (χ3n) is 2.94. The number of rotatable bonds is 3. The Morgan fingerprint density at radius 3 is 2.67 bits per heavy atom. The number of carbonyl (C=O) groups excluding carboxylic acids is 1. The maximum absolute atomic E-state index is 11.9. The highest BCUT2D eigenvalue weighted by molar-refractivity contribution is 6.30. The maximum atomic E-state index is 11.9. The molecule has 1 aliphatic rings. The second-order valence-electron chi connectivity index (χ2n) is 4.44. The number of halogens is 1. The molecule has 106 valence electrons. The lowest BCUT2D eigenvalue weighted by atomic mass is 10.2. The molecule has 0 atom stereocenters. The minimum atomic E-state index is -0.219. The van der Waals surface area contributed by atoms with Gasteiger partial charge in [0.1, 0.15) is 0 Å². The van der Waals surface area contributed by atoms with Gasteiger partial charge in [-0.25, -0.2) is 0 Å². The van der Waals surface area contributed by atoms with Gasteiger partial charge < -0.3 is 14.8 Å². The van der Waals surface area contributed by atoms with E-state index < -0.39 is 0 Å². The predicted octanol–water partition coefficient (Wildman–Crippen LogP) is 3.72. The van der Waals surface area contributed by atoms with Gasteiger partial charge in [0.2, 0.25) is 12.7 Å². The molecule has 0 saturated carbocycles. The summed E-state index contributed by atoms with van der Waals surface area (Å²) in [5.41, 5.74) is 1.56. The summed E-state index contributed by atoms with van der Waals surface area (Å²) in [6.07, 6.45) is 3.19. The first kappa shape index (κ1) is 13.5. The molecule has 0 aromatic heterocycles. The van der Waals surface area contributed by atoms with Crippen molar-refractivity contribution in [2.45, 2.75) is 0 Å². The lowest BCUT2D eigenvalue weighted by molar-refractivity contribution is -0.111. The Balaban J connectivity index is 1.65. The second kappa shape index (κ2) is 5.89. The third kappa shape index (κ3) is 3.35. The quantitative estimate of drug-likeness (QED) is 0.879. The summed E-state index contributed by atoms with van der Waals surface area (Å²) in [6, 6.07) is 12.5. The van der Waals surface area contributed by atoms with Crippen LogP contribution in [0, 0.1) is 0 Å². The standard InChI is InChI=1S/C16H12ClNO3/c17-12-4-1-11(2-5-12)3-8-16(19)18-13-6-7-14-15(9-13)21-10-20-14/h1-9H,10H2,(H,18,19). The summed E-state index contributed by atoms with van der Waals surface area (Å²) in [5.74, 6) is 1.10. The smallest absolute Gasteiger partial charge is 0.248 e. The highest BCUT2D eigenvalue weighted by Gasteiger charge is 2.13. The van der Waals surface area contributed by atoms with Crippen LogP contribution >= 0.6 is 11.6 Å². The minimum Gasteiger partial charge on any atom is -0.454 e. The van der Waals surface area contributed by atoms with Crippen LogP contribution in [0.25, 0.3) is 6.08 Å². The number of nitrogens with one attached hydrogen (secondary N) is 1. The van der Waals surface area contributed by atoms with Gasteiger partial charge in [-0.05, 0) is 35.9 Å². The fraction of sp³-hybridized carbons (Fsp3) is 0.0625. The van der Waals surface area contributed by atoms with E-state index in [2.05, 4.69) is 5.32 Å². The summed E-state index contributed by atoms with van der Waals surface area (Å²) >= 11 is 5.80. The third-order valence-corrected chi connectivity index (χ3v) is 3.19. The number of hydrogen-bond acceptors (Lipinski definition) is 3. The van der Waals surface area contributed by atoms with Crippen molar-refractivity contribution in [3.8, 4) is 11.5 Å². The second-order valence-corrected chi connectivity index (χ2v) is 4.88. The van der Waals surface area contributed by atoms with Crippen LogP contribution in [0.3, 0.4) is 0 Å². The maximum Gasteiger partial charge on any atom is 0.248 e. The Kier molecular flexibility index (Phi) is 3.79. The van der Waals surface area contributed by atoms with Gasteiger partial charge in [0.05, 0.1) is 0 Å². The van der Waals surface area contributed by atoms with Gasteiger partial charge >= 0.3 is 0 Å². The molecule has 0 spiro atoms. The first-order valence-corrected chi connectivity index (χ1v) is 6.73. The molecular formula is C16H12ClNO3. The van der Waals surface area contributed by atoms with Crippen molar-refractivity contribution in [3.63, 3.8) is 0 Å². The molecule has 1 N–H and O–H groups in total. The summed E-state index contributed by atoms with van der Waals surface area (Å²) in [5, 5.41) is 3.43. The van der Waals surface area contributed by atoms with Gasteiger partial charge in [0.25, 0.3) is 0 Å².